The van der Waals surface area contributed by atoms with Crippen LogP contribution in [-0.4, -0.2) is 17.8 Å². The zero-order chi connectivity index (χ0) is 8.97. The van der Waals surface area contributed by atoms with Gasteiger partial charge >= 0.3 is 0 Å². The first-order chi connectivity index (χ1) is 5.77. The lowest BCUT2D eigenvalue weighted by atomic mass is 10.7. The normalized spacial score (nSPS) is 17.2. The highest BCUT2D eigenvalue weighted by atomic mass is 32.2. The van der Waals surface area contributed by atoms with E-state index in [4.69, 9.17) is 9.47 Å². The summed E-state index contributed by atoms with van der Waals surface area (Å²) in [6.45, 7) is 4.72. The number of ether oxygens (including phenoxy) is 2. The van der Waals surface area contributed by atoms with Gasteiger partial charge in [-0.05, 0) is 13.8 Å². The van der Waals surface area contributed by atoms with E-state index in [-0.39, 0.29) is 0 Å². The minimum atomic E-state index is -1.31. The third-order valence-electron chi connectivity index (χ3n) is 1.15. The molecule has 70 valence electrons. The molecule has 1 aliphatic heterocycles. The lowest BCUT2D eigenvalue weighted by Crippen LogP contribution is -2.26. The zero-order valence-corrected chi connectivity index (χ0v) is 7.86. The molecule has 0 fully saturated rings. The van der Waals surface area contributed by atoms with Crippen molar-refractivity contribution in [1.82, 2.24) is 9.44 Å². The molecule has 0 saturated heterocycles. The van der Waals surface area contributed by atoms with Crippen molar-refractivity contribution in [3.05, 3.63) is 11.8 Å². The summed E-state index contributed by atoms with van der Waals surface area (Å²) in [5.41, 5.74) is 0. The Morgan fingerprint density at radius 3 is 1.92 bits per heavy atom. The van der Waals surface area contributed by atoms with Gasteiger partial charge in [0.15, 0.2) is 11.5 Å². The van der Waals surface area contributed by atoms with Crippen LogP contribution in [0.3, 0.4) is 0 Å². The number of hydrogen-bond donors (Lipinski definition) is 2. The molecule has 0 bridgehead atoms. The quantitative estimate of drug-likeness (QED) is 0.612. The Morgan fingerprint density at radius 1 is 1.17 bits per heavy atom. The summed E-state index contributed by atoms with van der Waals surface area (Å²) < 4.78 is 26.3. The largest absolute Gasteiger partial charge is 0.568 e. The van der Waals surface area contributed by atoms with Crippen molar-refractivity contribution >= 4 is 11.5 Å². The maximum atomic E-state index is 10.9. The Hall–Kier alpha value is -0.750. The molecule has 0 aromatic carbocycles. The van der Waals surface area contributed by atoms with E-state index in [1.165, 1.54) is 0 Å². The molecule has 1 rings (SSSR count). The molecule has 1 heterocycles. The molecular formula is C6H12N2O3S. The lowest BCUT2D eigenvalue weighted by Gasteiger charge is -2.02. The van der Waals surface area contributed by atoms with Crippen LogP contribution in [0, 0.1) is 0 Å². The maximum absolute atomic E-state index is 10.9. The van der Waals surface area contributed by atoms with E-state index in [1.807, 2.05) is 13.8 Å². The van der Waals surface area contributed by atoms with Gasteiger partial charge in [0.1, 0.15) is 0 Å². The zero-order valence-electron chi connectivity index (χ0n) is 7.05. The van der Waals surface area contributed by atoms with E-state index in [0.717, 1.165) is 0 Å². The maximum Gasteiger partial charge on any atom is 0.297 e. The Morgan fingerprint density at radius 2 is 1.58 bits per heavy atom. The van der Waals surface area contributed by atoms with E-state index in [9.17, 15) is 4.55 Å². The van der Waals surface area contributed by atoms with Gasteiger partial charge in [-0.25, -0.2) is 0 Å². The third-order valence-corrected chi connectivity index (χ3v) is 1.90. The molecule has 0 atom stereocenters. The highest BCUT2D eigenvalue weighted by molar-refractivity contribution is 7.88. The second kappa shape index (κ2) is 4.32. The first kappa shape index (κ1) is 9.34. The fourth-order valence-electron chi connectivity index (χ4n) is 0.765. The monoisotopic (exact) mass is 192 g/mol. The Balaban J connectivity index is 2.54. The molecule has 0 saturated carbocycles. The summed E-state index contributed by atoms with van der Waals surface area (Å²) >= 11 is -1.31. The van der Waals surface area contributed by atoms with Crippen LogP contribution in [0.2, 0.25) is 0 Å². The van der Waals surface area contributed by atoms with Crippen molar-refractivity contribution in [1.29, 1.82) is 0 Å². The van der Waals surface area contributed by atoms with Crippen LogP contribution in [0.1, 0.15) is 13.8 Å². The van der Waals surface area contributed by atoms with Gasteiger partial charge in [-0.15, -0.1) is 9.44 Å². The third kappa shape index (κ3) is 2.12. The van der Waals surface area contributed by atoms with Gasteiger partial charge in [0, 0.05) is 0 Å². The van der Waals surface area contributed by atoms with Crippen LogP contribution in [0.4, 0.5) is 0 Å². The molecule has 0 spiro atoms. The van der Waals surface area contributed by atoms with E-state index in [1.54, 1.807) is 0 Å². The summed E-state index contributed by atoms with van der Waals surface area (Å²) in [6.07, 6.45) is 0. The predicted molar refractivity (Wildman–Crippen MR) is 44.7 cm³/mol. The van der Waals surface area contributed by atoms with Gasteiger partial charge in [-0.2, -0.15) is 0 Å². The van der Waals surface area contributed by atoms with Crippen molar-refractivity contribution in [2.45, 2.75) is 13.8 Å². The SMILES string of the molecule is CCOC1=C(OCC)N[S+]([O-])N1. The highest BCUT2D eigenvalue weighted by Gasteiger charge is 2.27. The predicted octanol–water partition coefficient (Wildman–Crippen LogP) is -0.0425. The molecule has 1 aliphatic rings. The fraction of sp³-hybridized carbons (Fsp3) is 0.667. The van der Waals surface area contributed by atoms with Gasteiger partial charge in [0.25, 0.3) is 11.8 Å². The molecule has 0 unspecified atom stereocenters. The van der Waals surface area contributed by atoms with E-state index >= 15 is 0 Å². The van der Waals surface area contributed by atoms with Crippen molar-refractivity contribution < 1.29 is 14.0 Å². The topological polar surface area (TPSA) is 65.6 Å². The minimum Gasteiger partial charge on any atom is -0.568 e. The average Bonchev–Trinajstić information content (AvgIpc) is 2.33. The molecule has 0 aliphatic carbocycles. The van der Waals surface area contributed by atoms with E-state index < -0.39 is 11.5 Å². The smallest absolute Gasteiger partial charge is 0.297 e. The molecule has 0 aromatic rings. The van der Waals surface area contributed by atoms with Crippen molar-refractivity contribution in [2.24, 2.45) is 0 Å². The molecule has 0 amide bonds. The summed E-state index contributed by atoms with van der Waals surface area (Å²) in [5, 5.41) is 0. The van der Waals surface area contributed by atoms with Crippen LogP contribution < -0.4 is 9.44 Å². The molecule has 0 aromatic heterocycles. The van der Waals surface area contributed by atoms with Crippen molar-refractivity contribution in [3.63, 3.8) is 0 Å². The Labute approximate surface area is 74.6 Å². The Kier molecular flexibility index (Phi) is 3.36. The first-order valence-electron chi connectivity index (χ1n) is 3.72. The molecule has 2 N–H and O–H groups in total. The molecule has 12 heavy (non-hydrogen) atoms. The van der Waals surface area contributed by atoms with Crippen LogP contribution >= 0.6 is 0 Å². The second-order valence-electron chi connectivity index (χ2n) is 2.00. The summed E-state index contributed by atoms with van der Waals surface area (Å²) in [5.74, 6) is 0.829. The van der Waals surface area contributed by atoms with Gasteiger partial charge in [-0.3, -0.25) is 0 Å². The minimum absolute atomic E-state index is 0.415. The van der Waals surface area contributed by atoms with E-state index in [0.29, 0.717) is 25.0 Å². The number of hydrogen-bond acceptors (Lipinski definition) is 5. The number of rotatable bonds is 4. The van der Waals surface area contributed by atoms with Gasteiger partial charge in [0.05, 0.1) is 13.2 Å². The second-order valence-corrected chi connectivity index (χ2v) is 2.94. The van der Waals surface area contributed by atoms with Crippen LogP contribution in [0.5, 0.6) is 0 Å². The summed E-state index contributed by atoms with van der Waals surface area (Å²) in [4.78, 5) is 0. The lowest BCUT2D eigenvalue weighted by molar-refractivity contribution is 0.159. The molecule has 5 nitrogen and oxygen atoms in total. The standard InChI is InChI=1S/C6H12N2O3S/c1-3-10-5-6(11-4-2)8-12(9)7-5/h7-8H,3-4H2,1-2H3. The van der Waals surface area contributed by atoms with Crippen LogP contribution in [-0.2, 0) is 21.0 Å². The molecule has 0 radical (unpaired) electrons. The average molecular weight is 192 g/mol. The fourth-order valence-corrected chi connectivity index (χ4v) is 1.46. The van der Waals surface area contributed by atoms with Gasteiger partial charge in [0.2, 0.25) is 0 Å². The molecular weight excluding hydrogens is 180 g/mol. The van der Waals surface area contributed by atoms with Crippen LogP contribution in [0.15, 0.2) is 11.8 Å². The summed E-state index contributed by atoms with van der Waals surface area (Å²) in [7, 11) is 0. The van der Waals surface area contributed by atoms with Gasteiger partial charge in [-0.1, -0.05) is 0 Å². The highest BCUT2D eigenvalue weighted by Crippen LogP contribution is 2.11. The van der Waals surface area contributed by atoms with Crippen LogP contribution in [0.25, 0.3) is 0 Å². The van der Waals surface area contributed by atoms with Crippen molar-refractivity contribution in [3.8, 4) is 0 Å². The first-order valence-corrected chi connectivity index (χ1v) is 4.87. The molecule has 6 heteroatoms. The Bertz CT molecular complexity index is 168. The van der Waals surface area contributed by atoms with Gasteiger partial charge < -0.3 is 14.0 Å². The number of nitrogens with one attached hydrogen (secondary N) is 2. The summed E-state index contributed by atoms with van der Waals surface area (Å²) in [6, 6.07) is 0. The van der Waals surface area contributed by atoms with E-state index in [2.05, 4.69) is 9.44 Å². The van der Waals surface area contributed by atoms with Crippen molar-refractivity contribution in [2.75, 3.05) is 13.2 Å².